The van der Waals surface area contributed by atoms with Gasteiger partial charge in [-0.05, 0) is 61.0 Å². The zero-order valence-electron chi connectivity index (χ0n) is 17.1. The molecule has 1 fully saturated rings. The molecular weight excluding hydrogens is 384 g/mol. The molecule has 0 spiro atoms. The van der Waals surface area contributed by atoms with Crippen molar-refractivity contribution in [1.29, 1.82) is 0 Å². The number of hydrogen-bond acceptors (Lipinski definition) is 4. The van der Waals surface area contributed by atoms with Crippen molar-refractivity contribution in [1.82, 2.24) is 20.9 Å². The predicted molar refractivity (Wildman–Crippen MR) is 117 cm³/mol. The average Bonchev–Trinajstić information content (AvgIpc) is 3.28. The number of piperidine rings is 1. The molecule has 0 unspecified atom stereocenters. The molecule has 2 aromatic rings. The van der Waals surface area contributed by atoms with E-state index in [1.54, 1.807) is 30.5 Å². The van der Waals surface area contributed by atoms with Gasteiger partial charge in [0, 0.05) is 30.6 Å². The van der Waals surface area contributed by atoms with Crippen LogP contribution < -0.4 is 16.0 Å². The van der Waals surface area contributed by atoms with E-state index in [1.807, 2.05) is 12.1 Å². The van der Waals surface area contributed by atoms with Crippen molar-refractivity contribution in [2.45, 2.75) is 32.4 Å². The summed E-state index contributed by atoms with van der Waals surface area (Å²) in [5.41, 5.74) is 1.56. The first-order chi connectivity index (χ1) is 14.1. The molecule has 156 valence electrons. The van der Waals surface area contributed by atoms with E-state index in [2.05, 4.69) is 45.3 Å². The molecule has 3 rings (SSSR count). The normalized spacial score (nSPS) is 16.2. The van der Waals surface area contributed by atoms with Crippen LogP contribution in [0.5, 0.6) is 0 Å². The predicted octanol–water partition coefficient (Wildman–Crippen LogP) is 3.38. The third-order valence-electron chi connectivity index (χ3n) is 5.48. The standard InChI is InChI=1S/C22H30N4O2S/c1-16-9-11-26(12-10-16)19(20-4-3-13-29-20)15-25-22(28)24-14-17-5-7-18(8-6-17)21(27)23-2/h3-8,13,16,19H,9-12,14-15H2,1-2H3,(H,23,27)(H2,24,25,28)/t19-/m0/s1. The second-order valence-corrected chi connectivity index (χ2v) is 8.57. The summed E-state index contributed by atoms with van der Waals surface area (Å²) in [6.07, 6.45) is 2.42. The number of nitrogens with zero attached hydrogens (tertiary/aromatic N) is 1. The molecule has 1 aromatic heterocycles. The number of carbonyl (C=O) groups is 2. The number of carbonyl (C=O) groups excluding carboxylic acids is 2. The number of nitrogens with one attached hydrogen (secondary N) is 3. The number of likely N-dealkylation sites (tertiary alicyclic amines) is 1. The van der Waals surface area contributed by atoms with E-state index < -0.39 is 0 Å². The Bertz CT molecular complexity index is 784. The molecule has 0 radical (unpaired) electrons. The minimum absolute atomic E-state index is 0.117. The molecular formula is C22H30N4O2S. The Morgan fingerprint density at radius 1 is 1.14 bits per heavy atom. The molecule has 1 aliphatic heterocycles. The largest absolute Gasteiger partial charge is 0.355 e. The van der Waals surface area contributed by atoms with Crippen molar-refractivity contribution in [2.75, 3.05) is 26.7 Å². The summed E-state index contributed by atoms with van der Waals surface area (Å²) < 4.78 is 0. The Labute approximate surface area is 176 Å². The van der Waals surface area contributed by atoms with Gasteiger partial charge in [0.25, 0.3) is 5.91 Å². The molecule has 3 amide bonds. The maximum Gasteiger partial charge on any atom is 0.315 e. The van der Waals surface area contributed by atoms with Gasteiger partial charge in [0.15, 0.2) is 0 Å². The van der Waals surface area contributed by atoms with Crippen LogP contribution in [0, 0.1) is 5.92 Å². The maximum absolute atomic E-state index is 12.3. The van der Waals surface area contributed by atoms with Crippen molar-refractivity contribution in [2.24, 2.45) is 5.92 Å². The number of amides is 3. The lowest BCUT2D eigenvalue weighted by Gasteiger charge is -2.36. The van der Waals surface area contributed by atoms with E-state index in [1.165, 1.54) is 17.7 Å². The molecule has 1 aromatic carbocycles. The summed E-state index contributed by atoms with van der Waals surface area (Å²) in [6.45, 7) is 5.47. The summed E-state index contributed by atoms with van der Waals surface area (Å²) in [7, 11) is 1.61. The van der Waals surface area contributed by atoms with Crippen LogP contribution in [0.15, 0.2) is 41.8 Å². The van der Waals surface area contributed by atoms with Crippen molar-refractivity contribution in [3.05, 3.63) is 57.8 Å². The van der Waals surface area contributed by atoms with Gasteiger partial charge >= 0.3 is 6.03 Å². The Balaban J connectivity index is 1.50. The summed E-state index contributed by atoms with van der Waals surface area (Å²) in [6, 6.07) is 11.5. The lowest BCUT2D eigenvalue weighted by Crippen LogP contribution is -2.44. The van der Waals surface area contributed by atoms with E-state index in [9.17, 15) is 9.59 Å². The lowest BCUT2D eigenvalue weighted by atomic mass is 9.97. The van der Waals surface area contributed by atoms with Crippen LogP contribution in [0.3, 0.4) is 0 Å². The van der Waals surface area contributed by atoms with Gasteiger partial charge in [-0.2, -0.15) is 0 Å². The highest BCUT2D eigenvalue weighted by Crippen LogP contribution is 2.29. The first kappa shape index (κ1) is 21.3. The van der Waals surface area contributed by atoms with Crippen LogP contribution >= 0.6 is 11.3 Å². The monoisotopic (exact) mass is 414 g/mol. The molecule has 3 N–H and O–H groups in total. The van der Waals surface area contributed by atoms with Crippen molar-refractivity contribution in [3.63, 3.8) is 0 Å². The lowest BCUT2D eigenvalue weighted by molar-refractivity contribution is 0.0963. The van der Waals surface area contributed by atoms with Gasteiger partial charge in [-0.1, -0.05) is 25.1 Å². The SMILES string of the molecule is CNC(=O)c1ccc(CNC(=O)NC[C@@H](c2cccs2)N2CCC(C)CC2)cc1. The van der Waals surface area contributed by atoms with Gasteiger partial charge in [-0.15, -0.1) is 11.3 Å². The van der Waals surface area contributed by atoms with Gasteiger partial charge < -0.3 is 16.0 Å². The summed E-state index contributed by atoms with van der Waals surface area (Å²) in [5.74, 6) is 0.662. The quantitative estimate of drug-likeness (QED) is 0.650. The molecule has 1 aliphatic rings. The fourth-order valence-electron chi connectivity index (χ4n) is 3.58. The maximum atomic E-state index is 12.3. The van der Waals surface area contributed by atoms with Crippen LogP contribution in [-0.4, -0.2) is 43.5 Å². The smallest absolute Gasteiger partial charge is 0.315 e. The average molecular weight is 415 g/mol. The van der Waals surface area contributed by atoms with Gasteiger partial charge in [-0.25, -0.2) is 4.79 Å². The zero-order chi connectivity index (χ0) is 20.6. The molecule has 7 heteroatoms. The molecule has 0 saturated carbocycles. The van der Waals surface area contributed by atoms with E-state index in [0.29, 0.717) is 18.7 Å². The highest BCUT2D eigenvalue weighted by atomic mass is 32.1. The molecule has 0 aliphatic carbocycles. The Morgan fingerprint density at radius 3 is 2.48 bits per heavy atom. The topological polar surface area (TPSA) is 73.5 Å². The highest BCUT2D eigenvalue weighted by Gasteiger charge is 2.25. The Hall–Kier alpha value is -2.38. The second kappa shape index (κ2) is 10.4. The fourth-order valence-corrected chi connectivity index (χ4v) is 4.44. The van der Waals surface area contributed by atoms with E-state index in [4.69, 9.17) is 0 Å². The number of rotatable bonds is 7. The van der Waals surface area contributed by atoms with Crippen molar-refractivity contribution >= 4 is 23.3 Å². The fraction of sp³-hybridized carbons (Fsp3) is 0.455. The van der Waals surface area contributed by atoms with Gasteiger partial charge in [0.2, 0.25) is 0 Å². The number of thiophene rings is 1. The van der Waals surface area contributed by atoms with Gasteiger partial charge in [0.05, 0.1) is 6.04 Å². The van der Waals surface area contributed by atoms with Crippen LogP contribution in [0.1, 0.15) is 46.6 Å². The van der Waals surface area contributed by atoms with Gasteiger partial charge in [0.1, 0.15) is 0 Å². The summed E-state index contributed by atoms with van der Waals surface area (Å²) in [5, 5.41) is 10.6. The zero-order valence-corrected chi connectivity index (χ0v) is 17.9. The van der Waals surface area contributed by atoms with Crippen LogP contribution in [0.4, 0.5) is 4.79 Å². The first-order valence-corrected chi connectivity index (χ1v) is 11.0. The highest BCUT2D eigenvalue weighted by molar-refractivity contribution is 7.10. The first-order valence-electron chi connectivity index (χ1n) is 10.2. The van der Waals surface area contributed by atoms with Crippen molar-refractivity contribution < 1.29 is 9.59 Å². The summed E-state index contributed by atoms with van der Waals surface area (Å²) in [4.78, 5) is 27.7. The van der Waals surface area contributed by atoms with E-state index >= 15 is 0 Å². The Morgan fingerprint density at radius 2 is 1.86 bits per heavy atom. The van der Waals surface area contributed by atoms with Crippen LogP contribution in [0.25, 0.3) is 0 Å². The number of hydrogen-bond donors (Lipinski definition) is 3. The second-order valence-electron chi connectivity index (χ2n) is 7.59. The molecule has 6 nitrogen and oxygen atoms in total. The summed E-state index contributed by atoms with van der Waals surface area (Å²) >= 11 is 1.75. The molecule has 1 saturated heterocycles. The third kappa shape index (κ3) is 6.05. The minimum atomic E-state index is -0.174. The number of urea groups is 1. The van der Waals surface area contributed by atoms with Crippen LogP contribution in [-0.2, 0) is 6.54 Å². The van der Waals surface area contributed by atoms with E-state index in [0.717, 1.165) is 24.6 Å². The molecule has 0 bridgehead atoms. The molecule has 1 atom stereocenters. The number of benzene rings is 1. The van der Waals surface area contributed by atoms with Gasteiger partial charge in [-0.3, -0.25) is 9.69 Å². The Kier molecular flexibility index (Phi) is 7.66. The van der Waals surface area contributed by atoms with Crippen LogP contribution in [0.2, 0.25) is 0 Å². The molecule has 29 heavy (non-hydrogen) atoms. The van der Waals surface area contributed by atoms with E-state index in [-0.39, 0.29) is 18.0 Å². The molecule has 2 heterocycles. The minimum Gasteiger partial charge on any atom is -0.355 e. The third-order valence-corrected chi connectivity index (χ3v) is 6.46. The van der Waals surface area contributed by atoms with Crippen molar-refractivity contribution in [3.8, 4) is 0 Å².